The molecule has 0 aromatic heterocycles. The zero-order chi connectivity index (χ0) is 21.4. The molecule has 1 rings (SSSR count). The van der Waals surface area contributed by atoms with E-state index in [2.05, 4.69) is 5.32 Å². The summed E-state index contributed by atoms with van der Waals surface area (Å²) < 4.78 is 42.6. The van der Waals surface area contributed by atoms with Crippen LogP contribution in [0.1, 0.15) is 40.2 Å². The number of carbonyl (C=O) groups excluding carboxylic acids is 1. The molecule has 0 aliphatic carbocycles. The minimum atomic E-state index is -4.10. The minimum Gasteiger partial charge on any atom is -0.508 e. The third-order valence-corrected chi connectivity index (χ3v) is 5.16. The molecule has 7 nitrogen and oxygen atoms in total. The largest absolute Gasteiger partial charge is 0.508 e. The summed E-state index contributed by atoms with van der Waals surface area (Å²) in [4.78, 5) is 12.1. The molecule has 1 atom stereocenters. The van der Waals surface area contributed by atoms with Gasteiger partial charge in [0.15, 0.2) is 0 Å². The number of nitrogens with one attached hydrogen (secondary N) is 1. The zero-order valence-corrected chi connectivity index (χ0v) is 17.8. The molecule has 0 saturated heterocycles. The van der Waals surface area contributed by atoms with E-state index < -0.39 is 30.9 Å². The quantitative estimate of drug-likeness (QED) is 0.555. The van der Waals surface area contributed by atoms with E-state index in [1.54, 1.807) is 46.8 Å². The fourth-order valence-corrected chi connectivity index (χ4v) is 3.62. The molecule has 2 N–H and O–H groups in total. The summed E-state index contributed by atoms with van der Waals surface area (Å²) >= 11 is 0. The molecule has 9 heteroatoms. The van der Waals surface area contributed by atoms with E-state index in [0.29, 0.717) is 5.56 Å². The third-order valence-electron chi connectivity index (χ3n) is 3.29. The van der Waals surface area contributed by atoms with E-state index in [9.17, 15) is 18.9 Å². The number of hydrogen-bond acceptors (Lipinski definition) is 6. The monoisotopic (exact) mass is 417 g/mol. The van der Waals surface area contributed by atoms with E-state index in [1.165, 1.54) is 12.1 Å². The topological polar surface area (TPSA) is 94.1 Å². The Morgan fingerprint density at radius 3 is 2.21 bits per heavy atom. The molecule has 1 amide bonds. The summed E-state index contributed by atoms with van der Waals surface area (Å²) in [6, 6.07) is 5.34. The molecule has 1 aromatic rings. The summed E-state index contributed by atoms with van der Waals surface area (Å²) in [5.41, 5.74) is -1.11. The van der Waals surface area contributed by atoms with Gasteiger partial charge in [-0.3, -0.25) is 4.57 Å². The minimum absolute atomic E-state index is 0.000656. The number of alkyl carbamates (subject to hydrolysis) is 1. The molecule has 28 heavy (non-hydrogen) atoms. The van der Waals surface area contributed by atoms with Gasteiger partial charge in [0.05, 0.1) is 19.3 Å². The molecule has 0 spiro atoms. The van der Waals surface area contributed by atoms with Crippen LogP contribution in [0.3, 0.4) is 0 Å². The Labute approximate surface area is 165 Å². The Kier molecular flexibility index (Phi) is 9.14. The summed E-state index contributed by atoms with van der Waals surface area (Å²) in [6.07, 6.45) is 0.427. The first-order valence-corrected chi connectivity index (χ1v) is 10.6. The van der Waals surface area contributed by atoms with Gasteiger partial charge in [-0.1, -0.05) is 12.1 Å². The highest BCUT2D eigenvalue weighted by Crippen LogP contribution is 2.56. The van der Waals surface area contributed by atoms with Crippen LogP contribution in [0.5, 0.6) is 5.75 Å². The number of ether oxygens (including phenoxy) is 1. The highest BCUT2D eigenvalue weighted by atomic mass is 31.2. The molecule has 0 heterocycles. The summed E-state index contributed by atoms with van der Waals surface area (Å²) in [5.74, 6) is 0.0827. The van der Waals surface area contributed by atoms with Gasteiger partial charge in [0.2, 0.25) is 5.57 Å². The molecule has 0 aliphatic heterocycles. The van der Waals surface area contributed by atoms with Gasteiger partial charge in [-0.15, -0.1) is 0 Å². The third kappa shape index (κ3) is 8.42. The maximum atomic E-state index is 14.7. The number of hydrogen-bond donors (Lipinski definition) is 2. The van der Waals surface area contributed by atoms with Crippen LogP contribution in [0.15, 0.2) is 35.9 Å². The fourth-order valence-electron chi connectivity index (χ4n) is 2.25. The maximum Gasteiger partial charge on any atom is 0.408 e. The molecule has 0 fully saturated rings. The molecule has 0 bridgehead atoms. The van der Waals surface area contributed by atoms with Crippen molar-refractivity contribution in [1.29, 1.82) is 0 Å². The van der Waals surface area contributed by atoms with Gasteiger partial charge in [0.1, 0.15) is 11.4 Å². The van der Waals surface area contributed by atoms with Gasteiger partial charge in [0, 0.05) is 0 Å². The van der Waals surface area contributed by atoms with E-state index in [4.69, 9.17) is 13.8 Å². The zero-order valence-electron chi connectivity index (χ0n) is 16.9. The first-order chi connectivity index (χ1) is 13.0. The number of carbonyl (C=O) groups is 1. The van der Waals surface area contributed by atoms with E-state index >= 15 is 0 Å². The molecular formula is C19H29FNO6P. The van der Waals surface area contributed by atoms with Crippen molar-refractivity contribution >= 4 is 13.7 Å². The number of amides is 1. The highest BCUT2D eigenvalue weighted by molar-refractivity contribution is 7.58. The van der Waals surface area contributed by atoms with Crippen molar-refractivity contribution < 1.29 is 32.6 Å². The normalized spacial score (nSPS) is 13.9. The Bertz CT molecular complexity index is 704. The Hall–Kier alpha value is -1.89. The summed E-state index contributed by atoms with van der Waals surface area (Å²) in [6.45, 7) is 8.27. The van der Waals surface area contributed by atoms with Gasteiger partial charge >= 0.3 is 13.7 Å². The van der Waals surface area contributed by atoms with Crippen molar-refractivity contribution in [2.75, 3.05) is 13.2 Å². The molecule has 0 radical (unpaired) electrons. The molecule has 1 aromatic carbocycles. The van der Waals surface area contributed by atoms with Crippen LogP contribution >= 0.6 is 7.60 Å². The Balaban J connectivity index is 3.11. The summed E-state index contributed by atoms with van der Waals surface area (Å²) in [5, 5.41) is 12.0. The number of phenolic OH excluding ortho intramolecular Hbond substituents is 1. The van der Waals surface area contributed by atoms with Crippen LogP contribution in [0.25, 0.3) is 0 Å². The average molecular weight is 417 g/mol. The number of phenols is 1. The lowest BCUT2D eigenvalue weighted by Gasteiger charge is -2.23. The second-order valence-corrected chi connectivity index (χ2v) is 8.88. The van der Waals surface area contributed by atoms with Crippen molar-refractivity contribution in [3.8, 4) is 5.75 Å². The maximum absolute atomic E-state index is 14.7. The predicted molar refractivity (Wildman–Crippen MR) is 105 cm³/mol. The Morgan fingerprint density at radius 1 is 1.21 bits per heavy atom. The van der Waals surface area contributed by atoms with Crippen LogP contribution in [-0.2, 0) is 24.8 Å². The van der Waals surface area contributed by atoms with Gasteiger partial charge in [0.25, 0.3) is 0 Å². The van der Waals surface area contributed by atoms with Crippen LogP contribution in [0, 0.1) is 0 Å². The molecule has 0 aliphatic rings. The van der Waals surface area contributed by atoms with Crippen molar-refractivity contribution in [2.24, 2.45) is 0 Å². The second-order valence-electron chi connectivity index (χ2n) is 6.95. The fraction of sp³-hybridized carbons (Fsp3) is 0.526. The van der Waals surface area contributed by atoms with E-state index in [1.807, 2.05) is 0 Å². The average Bonchev–Trinajstić information content (AvgIpc) is 2.55. The molecule has 0 unspecified atom stereocenters. The smallest absolute Gasteiger partial charge is 0.408 e. The van der Waals surface area contributed by atoms with Gasteiger partial charge in [-0.25, -0.2) is 4.79 Å². The van der Waals surface area contributed by atoms with Crippen LogP contribution in [0.4, 0.5) is 9.18 Å². The van der Waals surface area contributed by atoms with Gasteiger partial charge in [-0.2, -0.15) is 4.39 Å². The number of halogens is 1. The number of rotatable bonds is 9. The molecule has 0 saturated carbocycles. The van der Waals surface area contributed by atoms with Crippen molar-refractivity contribution in [2.45, 2.75) is 52.7 Å². The Morgan fingerprint density at radius 2 is 1.75 bits per heavy atom. The first-order valence-electron chi connectivity index (χ1n) is 9.03. The SMILES string of the molecule is CCOP(=O)(OCC)C(F)=C[C@@H](Cc1ccc(O)cc1)NC(=O)OC(C)(C)C. The molecular weight excluding hydrogens is 388 g/mol. The van der Waals surface area contributed by atoms with Crippen molar-refractivity contribution in [3.05, 3.63) is 41.5 Å². The standard InChI is InChI=1S/C19H29FNO6P/c1-6-25-28(24,26-7-2)17(20)13-15(21-18(23)27-19(3,4)5)12-14-8-10-16(22)11-9-14/h8-11,13,15,22H,6-7,12H2,1-5H3,(H,21,23)/t15-/m1/s1. The lowest BCUT2D eigenvalue weighted by atomic mass is 10.1. The van der Waals surface area contributed by atoms with Gasteiger partial charge in [-0.05, 0) is 64.8 Å². The van der Waals surface area contributed by atoms with Gasteiger partial charge < -0.3 is 24.2 Å². The lowest BCUT2D eigenvalue weighted by molar-refractivity contribution is 0.0514. The van der Waals surface area contributed by atoms with Crippen molar-refractivity contribution in [3.63, 3.8) is 0 Å². The van der Waals surface area contributed by atoms with E-state index in [0.717, 1.165) is 6.08 Å². The van der Waals surface area contributed by atoms with Crippen LogP contribution in [-0.4, -0.2) is 36.1 Å². The first kappa shape index (κ1) is 24.1. The predicted octanol–water partition coefficient (Wildman–Crippen LogP) is 4.91. The van der Waals surface area contributed by atoms with Crippen LogP contribution in [0.2, 0.25) is 0 Å². The second kappa shape index (κ2) is 10.6. The highest BCUT2D eigenvalue weighted by Gasteiger charge is 2.32. The van der Waals surface area contributed by atoms with Crippen LogP contribution < -0.4 is 5.32 Å². The molecule has 158 valence electrons. The van der Waals surface area contributed by atoms with Crippen molar-refractivity contribution in [1.82, 2.24) is 5.32 Å². The number of benzene rings is 1. The number of aromatic hydroxyl groups is 1. The lowest BCUT2D eigenvalue weighted by Crippen LogP contribution is -2.39. The summed E-state index contributed by atoms with van der Waals surface area (Å²) in [7, 11) is -4.10. The van der Waals surface area contributed by atoms with E-state index in [-0.39, 0.29) is 25.4 Å².